The Morgan fingerprint density at radius 2 is 1.91 bits per heavy atom. The molecule has 0 saturated carbocycles. The van der Waals surface area contributed by atoms with E-state index in [1.165, 1.54) is 6.92 Å². The Kier molecular flexibility index (Phi) is 7.25. The largest absolute Gasteiger partial charge is 0.514 e. The van der Waals surface area contributed by atoms with Crippen LogP contribution in [0, 0.1) is 0 Å². The Labute approximate surface area is 260 Å². The van der Waals surface area contributed by atoms with Crippen molar-refractivity contribution >= 4 is 24.1 Å². The maximum Gasteiger partial charge on any atom is 0.514 e. The lowest BCUT2D eigenvalue weighted by Crippen LogP contribution is -2.74. The molecule has 0 amide bonds. The van der Waals surface area contributed by atoms with Gasteiger partial charge in [0.05, 0.1) is 17.4 Å². The number of carbonyl (C=O) groups excluding carboxylic acids is 4. The number of nitrogens with zero attached hydrogens (tertiary/aromatic N) is 1. The molecule has 2 fully saturated rings. The standard InChI is InChI=1S/C32H39NO12/c1-16(39-22(34)15-20-27(36)44-30(5,6)43-20)26(35)40-19-10-11-32(38)21-14-17-8-9-18(41-28(37)45-29(2,3)4)24-23(17)31(32,25(19)42-24)12-13-33(21)7/h8-10,16,20-21,25,38H,11-15H2,1-7H3/t16-,20-,21?,25-,31-,32-/m0/s1. The van der Waals surface area contributed by atoms with Crippen molar-refractivity contribution in [2.75, 3.05) is 13.6 Å². The molecule has 6 rings (SSSR count). The van der Waals surface area contributed by atoms with E-state index in [2.05, 4.69) is 4.90 Å². The van der Waals surface area contributed by atoms with E-state index < -0.39 is 71.2 Å². The summed E-state index contributed by atoms with van der Waals surface area (Å²) in [5.41, 5.74) is -1.39. The number of hydrogen-bond acceptors (Lipinski definition) is 13. The van der Waals surface area contributed by atoms with Crippen LogP contribution in [-0.4, -0.2) is 89.0 Å². The van der Waals surface area contributed by atoms with Crippen molar-refractivity contribution in [3.63, 3.8) is 0 Å². The molecule has 13 nitrogen and oxygen atoms in total. The van der Waals surface area contributed by atoms with Crippen molar-refractivity contribution in [3.8, 4) is 11.5 Å². The van der Waals surface area contributed by atoms with Gasteiger partial charge < -0.3 is 43.2 Å². The second-order valence-corrected chi connectivity index (χ2v) is 13.8. The Morgan fingerprint density at radius 3 is 2.58 bits per heavy atom. The third kappa shape index (κ3) is 5.14. The zero-order chi connectivity index (χ0) is 32.7. The molecular formula is C32H39NO12. The first-order chi connectivity index (χ1) is 20.9. The van der Waals surface area contributed by atoms with Crippen molar-refractivity contribution in [3.05, 3.63) is 35.1 Å². The van der Waals surface area contributed by atoms with Gasteiger partial charge in [-0.3, -0.25) is 4.79 Å². The maximum atomic E-state index is 13.2. The van der Waals surface area contributed by atoms with Crippen LogP contribution in [0.15, 0.2) is 24.0 Å². The molecule has 1 aromatic carbocycles. The first kappa shape index (κ1) is 31.3. The predicted molar refractivity (Wildman–Crippen MR) is 153 cm³/mol. The number of aliphatic hydroxyl groups is 1. The first-order valence-electron chi connectivity index (χ1n) is 15.1. The molecule has 2 bridgehead atoms. The van der Waals surface area contributed by atoms with Crippen LogP contribution in [0.3, 0.4) is 0 Å². The number of likely N-dealkylation sites (tertiary alicyclic amines) is 1. The molecule has 2 aliphatic carbocycles. The van der Waals surface area contributed by atoms with Crippen LogP contribution in [0.2, 0.25) is 0 Å². The number of carbonyl (C=O) groups is 4. The highest BCUT2D eigenvalue weighted by molar-refractivity contribution is 5.85. The molecule has 1 N–H and O–H groups in total. The third-order valence-corrected chi connectivity index (χ3v) is 9.17. The van der Waals surface area contributed by atoms with E-state index in [0.717, 1.165) is 11.1 Å². The summed E-state index contributed by atoms with van der Waals surface area (Å²) in [4.78, 5) is 52.6. The molecule has 1 spiro atoms. The van der Waals surface area contributed by atoms with Gasteiger partial charge in [0.2, 0.25) is 5.79 Å². The van der Waals surface area contributed by atoms with Crippen molar-refractivity contribution in [1.82, 2.24) is 4.90 Å². The van der Waals surface area contributed by atoms with E-state index in [1.54, 1.807) is 46.8 Å². The number of hydrogen-bond donors (Lipinski definition) is 1. The maximum absolute atomic E-state index is 13.2. The lowest BCUT2D eigenvalue weighted by Gasteiger charge is -2.61. The first-order valence-corrected chi connectivity index (χ1v) is 15.1. The Balaban J connectivity index is 1.25. The number of rotatable bonds is 6. The molecule has 6 atom stereocenters. The van der Waals surface area contributed by atoms with Gasteiger partial charge in [-0.25, -0.2) is 14.4 Å². The predicted octanol–water partition coefficient (Wildman–Crippen LogP) is 2.82. The fourth-order valence-electron chi connectivity index (χ4n) is 7.36. The van der Waals surface area contributed by atoms with E-state index in [1.807, 2.05) is 13.1 Å². The number of ether oxygens (including phenoxy) is 7. The average molecular weight is 630 g/mol. The molecule has 244 valence electrons. The molecule has 2 saturated heterocycles. The summed E-state index contributed by atoms with van der Waals surface area (Å²) >= 11 is 0. The zero-order valence-electron chi connectivity index (χ0n) is 26.5. The molecule has 0 radical (unpaired) electrons. The number of esters is 3. The third-order valence-electron chi connectivity index (χ3n) is 9.17. The summed E-state index contributed by atoms with van der Waals surface area (Å²) in [6, 6.07) is 3.28. The summed E-state index contributed by atoms with van der Waals surface area (Å²) in [6.07, 6.45) is -1.91. The van der Waals surface area contributed by atoms with Crippen LogP contribution in [0.25, 0.3) is 0 Å². The molecule has 0 aromatic heterocycles. The van der Waals surface area contributed by atoms with Crippen LogP contribution in [0.5, 0.6) is 11.5 Å². The summed E-state index contributed by atoms with van der Waals surface area (Å²) in [6.45, 7) is 10.3. The Hall–Kier alpha value is -3.68. The van der Waals surface area contributed by atoms with Crippen LogP contribution in [-0.2, 0) is 49.9 Å². The van der Waals surface area contributed by atoms with Gasteiger partial charge in [0.15, 0.2) is 29.8 Å². The fraction of sp³-hybridized carbons (Fsp3) is 0.625. The monoisotopic (exact) mass is 629 g/mol. The zero-order valence-corrected chi connectivity index (χ0v) is 26.5. The molecule has 3 aliphatic heterocycles. The summed E-state index contributed by atoms with van der Waals surface area (Å²) in [5, 5.41) is 12.4. The Bertz CT molecular complexity index is 1490. The number of cyclic esters (lactones) is 1. The minimum Gasteiger partial charge on any atom is -0.477 e. The second-order valence-electron chi connectivity index (χ2n) is 13.8. The van der Waals surface area contributed by atoms with Crippen LogP contribution in [0.4, 0.5) is 4.79 Å². The normalized spacial score (nSPS) is 31.5. The highest BCUT2D eigenvalue weighted by Crippen LogP contribution is 2.65. The summed E-state index contributed by atoms with van der Waals surface area (Å²) < 4.78 is 39.1. The van der Waals surface area contributed by atoms with E-state index >= 15 is 0 Å². The van der Waals surface area contributed by atoms with E-state index in [9.17, 15) is 24.3 Å². The topological polar surface area (TPSA) is 156 Å². The number of piperidine rings is 1. The van der Waals surface area contributed by atoms with Crippen LogP contribution in [0.1, 0.15) is 71.9 Å². The number of likely N-dealkylation sites (N-methyl/N-ethyl adjacent to an activating group) is 1. The van der Waals surface area contributed by atoms with Gasteiger partial charge in [-0.1, -0.05) is 6.07 Å². The van der Waals surface area contributed by atoms with Crippen molar-refractivity contribution in [1.29, 1.82) is 0 Å². The fourth-order valence-corrected chi connectivity index (χ4v) is 7.36. The highest BCUT2D eigenvalue weighted by atomic mass is 16.8. The van der Waals surface area contributed by atoms with Crippen molar-refractivity contribution in [2.24, 2.45) is 0 Å². The van der Waals surface area contributed by atoms with Gasteiger partial charge in [-0.15, -0.1) is 0 Å². The quantitative estimate of drug-likeness (QED) is 0.279. The molecular weight excluding hydrogens is 590 g/mol. The summed E-state index contributed by atoms with van der Waals surface area (Å²) in [7, 11) is 1.97. The average Bonchev–Trinajstić information content (AvgIpc) is 3.40. The molecule has 1 aromatic rings. The van der Waals surface area contributed by atoms with Gasteiger partial charge in [0.25, 0.3) is 0 Å². The molecule has 3 heterocycles. The lowest BCUT2D eigenvalue weighted by molar-refractivity contribution is -0.176. The van der Waals surface area contributed by atoms with Crippen molar-refractivity contribution in [2.45, 2.75) is 114 Å². The second kappa shape index (κ2) is 10.4. The molecule has 1 unspecified atom stereocenters. The molecule has 5 aliphatic rings. The SMILES string of the molecule is C[C@H](OC(=O)C[C@@H]1OC(C)(C)OC1=O)C(=O)OC1=CC[C@]2(O)C3Cc4ccc(OC(=O)OC(C)(C)C)c5c4[C@@]2(CCN3C)[C@H]1O5. The summed E-state index contributed by atoms with van der Waals surface area (Å²) in [5.74, 6) is -2.97. The van der Waals surface area contributed by atoms with Gasteiger partial charge in [0.1, 0.15) is 11.4 Å². The smallest absolute Gasteiger partial charge is 0.477 e. The van der Waals surface area contributed by atoms with E-state index in [-0.39, 0.29) is 24.0 Å². The minimum atomic E-state index is -1.33. The van der Waals surface area contributed by atoms with Gasteiger partial charge >= 0.3 is 24.1 Å². The minimum absolute atomic E-state index is 0.135. The molecule has 13 heteroatoms. The van der Waals surface area contributed by atoms with Gasteiger partial charge in [-0.2, -0.15) is 0 Å². The van der Waals surface area contributed by atoms with Crippen LogP contribution < -0.4 is 9.47 Å². The number of benzene rings is 1. The lowest BCUT2D eigenvalue weighted by atomic mass is 9.50. The van der Waals surface area contributed by atoms with E-state index in [4.69, 9.17) is 33.2 Å². The van der Waals surface area contributed by atoms with Gasteiger partial charge in [-0.05, 0) is 71.8 Å². The van der Waals surface area contributed by atoms with Crippen molar-refractivity contribution < 1.29 is 57.4 Å². The van der Waals surface area contributed by atoms with E-state index in [0.29, 0.717) is 25.1 Å². The highest BCUT2D eigenvalue weighted by Gasteiger charge is 2.72. The van der Waals surface area contributed by atoms with Crippen LogP contribution >= 0.6 is 0 Å². The Morgan fingerprint density at radius 1 is 1.18 bits per heavy atom. The molecule has 45 heavy (non-hydrogen) atoms. The van der Waals surface area contributed by atoms with Gasteiger partial charge in [0, 0.05) is 31.9 Å².